The Morgan fingerprint density at radius 2 is 2.38 bits per heavy atom. The molecule has 1 rings (SSSR count). The Morgan fingerprint density at radius 3 is 2.75 bits per heavy atom. The highest BCUT2D eigenvalue weighted by atomic mass is 31.0. The van der Waals surface area contributed by atoms with Crippen LogP contribution in [0, 0.1) is 0 Å². The third-order valence-electron chi connectivity index (χ3n) is 0.888. The molecule has 2 heteroatoms. The van der Waals surface area contributed by atoms with Crippen LogP contribution in [0.5, 0.6) is 0 Å². The Balaban J connectivity index is 2.83. The van der Waals surface area contributed by atoms with Gasteiger partial charge in [0.05, 0.1) is 6.61 Å². The average Bonchev–Trinajstić information content (AvgIpc) is 1.90. The molecule has 0 amide bonds. The zero-order valence-electron chi connectivity index (χ0n) is 4.41. The van der Waals surface area contributed by atoms with Crippen molar-refractivity contribution in [3.8, 4) is 0 Å². The molecule has 0 aromatic carbocycles. The summed E-state index contributed by atoms with van der Waals surface area (Å²) >= 11 is 0. The molecule has 0 radical (unpaired) electrons. The zero-order chi connectivity index (χ0) is 5.82. The highest BCUT2D eigenvalue weighted by Gasteiger charge is 1.82. The fraction of sp³-hybridized carbons (Fsp3) is 0.167. The van der Waals surface area contributed by atoms with Gasteiger partial charge in [0, 0.05) is 5.30 Å². The summed E-state index contributed by atoms with van der Waals surface area (Å²) < 4.78 is 0. The normalized spacial score (nSPS) is 10.1. The van der Waals surface area contributed by atoms with Crippen LogP contribution in [0.2, 0.25) is 0 Å². The van der Waals surface area contributed by atoms with Crippen molar-refractivity contribution >= 4 is 8.19 Å². The summed E-state index contributed by atoms with van der Waals surface area (Å²) in [5.74, 6) is 2.01. The molecular weight excluding hydrogens is 119 g/mol. The number of rotatable bonds is 1. The van der Waals surface area contributed by atoms with Crippen LogP contribution in [0.25, 0.3) is 0 Å². The van der Waals surface area contributed by atoms with Crippen molar-refractivity contribution in [1.82, 2.24) is 0 Å². The summed E-state index contributed by atoms with van der Waals surface area (Å²) in [6.45, 7) is 0.183. The first kappa shape index (κ1) is 5.74. The molecule has 0 aliphatic heterocycles. The highest BCUT2D eigenvalue weighted by Crippen LogP contribution is 2.10. The summed E-state index contributed by atoms with van der Waals surface area (Å²) in [4.78, 5) is 0. The molecule has 1 N–H and O–H groups in total. The first-order valence-corrected chi connectivity index (χ1v) is 3.40. The molecular formula is C6H7OP. The van der Waals surface area contributed by atoms with E-state index < -0.39 is 0 Å². The van der Waals surface area contributed by atoms with Crippen LogP contribution in [-0.4, -0.2) is 5.11 Å². The van der Waals surface area contributed by atoms with Crippen LogP contribution in [0.1, 0.15) is 5.30 Å². The van der Waals surface area contributed by atoms with Crippen LogP contribution >= 0.6 is 8.19 Å². The van der Waals surface area contributed by atoms with Crippen molar-refractivity contribution in [2.75, 3.05) is 0 Å². The van der Waals surface area contributed by atoms with E-state index in [2.05, 4.69) is 0 Å². The Morgan fingerprint density at radius 1 is 1.50 bits per heavy atom. The smallest absolute Gasteiger partial charge is 0.0724 e. The lowest BCUT2D eigenvalue weighted by Gasteiger charge is -1.88. The maximum absolute atomic E-state index is 8.56. The van der Waals surface area contributed by atoms with Crippen LogP contribution in [0.15, 0.2) is 24.0 Å². The second-order valence-corrected chi connectivity index (χ2v) is 2.61. The molecule has 0 aliphatic carbocycles. The van der Waals surface area contributed by atoms with E-state index in [-0.39, 0.29) is 6.61 Å². The van der Waals surface area contributed by atoms with Gasteiger partial charge in [-0.3, -0.25) is 0 Å². The van der Waals surface area contributed by atoms with Gasteiger partial charge >= 0.3 is 0 Å². The van der Waals surface area contributed by atoms with Gasteiger partial charge < -0.3 is 5.11 Å². The molecule has 0 aliphatic rings. The third kappa shape index (κ3) is 1.29. The molecule has 1 aromatic rings. The lowest BCUT2D eigenvalue weighted by atomic mass is 10.5. The lowest BCUT2D eigenvalue weighted by molar-refractivity contribution is 0.285. The van der Waals surface area contributed by atoms with E-state index >= 15 is 0 Å². The molecule has 0 saturated carbocycles. The van der Waals surface area contributed by atoms with E-state index in [0.717, 1.165) is 13.5 Å². The summed E-state index contributed by atoms with van der Waals surface area (Å²) in [5.41, 5.74) is 0. The van der Waals surface area contributed by atoms with E-state index in [1.54, 1.807) is 0 Å². The summed E-state index contributed by atoms with van der Waals surface area (Å²) in [5, 5.41) is 9.62. The zero-order valence-corrected chi connectivity index (χ0v) is 5.31. The standard InChI is InChI=1S/C6H7OP/c7-5-6-3-1-2-4-8-6/h1-4,7H,5H2. The first-order valence-electron chi connectivity index (χ1n) is 2.44. The number of aliphatic hydroxyl groups excluding tert-OH is 1. The van der Waals surface area contributed by atoms with Gasteiger partial charge in [-0.05, 0) is 5.80 Å². The molecule has 42 valence electrons. The van der Waals surface area contributed by atoms with Crippen molar-refractivity contribution in [2.45, 2.75) is 6.61 Å². The second kappa shape index (κ2) is 2.81. The van der Waals surface area contributed by atoms with E-state index in [4.69, 9.17) is 5.11 Å². The number of hydrogen-bond donors (Lipinski definition) is 1. The summed E-state index contributed by atoms with van der Waals surface area (Å²) in [7, 11) is 1.13. The molecule has 0 unspecified atom stereocenters. The maximum atomic E-state index is 8.56. The van der Waals surface area contributed by atoms with E-state index in [1.165, 1.54) is 0 Å². The summed E-state index contributed by atoms with van der Waals surface area (Å²) in [6.07, 6.45) is 0. The van der Waals surface area contributed by atoms with Gasteiger partial charge in [-0.25, -0.2) is 0 Å². The monoisotopic (exact) mass is 126 g/mol. The molecule has 0 fully saturated rings. The molecule has 0 spiro atoms. The van der Waals surface area contributed by atoms with Gasteiger partial charge in [-0.1, -0.05) is 26.4 Å². The van der Waals surface area contributed by atoms with Crippen molar-refractivity contribution in [1.29, 1.82) is 0 Å². The first-order chi connectivity index (χ1) is 3.93. The van der Waals surface area contributed by atoms with Gasteiger partial charge in [0.1, 0.15) is 0 Å². The summed E-state index contributed by atoms with van der Waals surface area (Å²) in [6, 6.07) is 5.84. The van der Waals surface area contributed by atoms with E-state index in [0.29, 0.717) is 0 Å². The van der Waals surface area contributed by atoms with Gasteiger partial charge in [-0.15, -0.1) is 0 Å². The molecule has 0 saturated heterocycles. The van der Waals surface area contributed by atoms with Gasteiger partial charge in [0.15, 0.2) is 0 Å². The lowest BCUT2D eigenvalue weighted by Crippen LogP contribution is -1.72. The molecule has 1 nitrogen and oxygen atoms in total. The maximum Gasteiger partial charge on any atom is 0.0724 e. The van der Waals surface area contributed by atoms with Gasteiger partial charge in [0.2, 0.25) is 0 Å². The largest absolute Gasteiger partial charge is 0.391 e. The van der Waals surface area contributed by atoms with Crippen molar-refractivity contribution in [3.63, 3.8) is 0 Å². The van der Waals surface area contributed by atoms with Gasteiger partial charge in [-0.2, -0.15) is 0 Å². The minimum Gasteiger partial charge on any atom is -0.391 e. The minimum absolute atomic E-state index is 0.183. The second-order valence-electron chi connectivity index (χ2n) is 1.48. The minimum atomic E-state index is 0.183. The van der Waals surface area contributed by atoms with Crippen LogP contribution in [0.3, 0.4) is 0 Å². The fourth-order valence-corrected chi connectivity index (χ4v) is 1.12. The predicted octanol–water partition coefficient (Wildman–Crippen LogP) is 1.76. The van der Waals surface area contributed by atoms with E-state index in [1.807, 2.05) is 24.0 Å². The Labute approximate surface area is 50.1 Å². The Hall–Kier alpha value is -0.390. The average molecular weight is 126 g/mol. The Kier molecular flexibility index (Phi) is 2.01. The van der Waals surface area contributed by atoms with Crippen molar-refractivity contribution in [3.05, 3.63) is 29.3 Å². The number of hydrogen-bond acceptors (Lipinski definition) is 1. The predicted molar refractivity (Wildman–Crippen MR) is 34.9 cm³/mol. The van der Waals surface area contributed by atoms with Crippen LogP contribution in [-0.2, 0) is 6.61 Å². The third-order valence-corrected chi connectivity index (χ3v) is 1.83. The number of aliphatic hydroxyl groups is 1. The quantitative estimate of drug-likeness (QED) is 0.607. The molecule has 1 aromatic heterocycles. The van der Waals surface area contributed by atoms with Crippen molar-refractivity contribution in [2.24, 2.45) is 0 Å². The van der Waals surface area contributed by atoms with Gasteiger partial charge in [0.25, 0.3) is 0 Å². The van der Waals surface area contributed by atoms with Crippen LogP contribution < -0.4 is 0 Å². The molecule has 1 heterocycles. The Bertz CT molecular complexity index is 150. The SMILES string of the molecule is OCc1ccccp1. The van der Waals surface area contributed by atoms with Crippen LogP contribution in [0.4, 0.5) is 0 Å². The van der Waals surface area contributed by atoms with E-state index in [9.17, 15) is 0 Å². The van der Waals surface area contributed by atoms with Crippen molar-refractivity contribution < 1.29 is 5.11 Å². The fourth-order valence-electron chi connectivity index (χ4n) is 0.492. The highest BCUT2D eigenvalue weighted by molar-refractivity contribution is 7.29. The molecule has 0 atom stereocenters. The molecule has 8 heavy (non-hydrogen) atoms. The molecule has 0 bridgehead atoms. The topological polar surface area (TPSA) is 20.2 Å².